The second-order valence-electron chi connectivity index (χ2n) is 8.09. The van der Waals surface area contributed by atoms with Crippen LogP contribution in [0.15, 0.2) is 39.7 Å². The minimum absolute atomic E-state index is 0.00249. The smallest absolute Gasteiger partial charge is 0.266 e. The number of anilines is 1. The topological polar surface area (TPSA) is 56.4 Å². The average Bonchev–Trinajstić information content (AvgIpc) is 3.28. The molecule has 0 bridgehead atoms. The van der Waals surface area contributed by atoms with E-state index in [9.17, 15) is 26.0 Å². The third kappa shape index (κ3) is 3.50. The van der Waals surface area contributed by atoms with E-state index < -0.39 is 34.1 Å². The molecule has 1 aromatic heterocycles. The van der Waals surface area contributed by atoms with Crippen molar-refractivity contribution in [1.29, 1.82) is 0 Å². The lowest BCUT2D eigenvalue weighted by atomic mass is 10.1. The van der Waals surface area contributed by atoms with E-state index in [4.69, 9.17) is 0 Å². The first-order valence-electron chi connectivity index (χ1n) is 10.0. The Morgan fingerprint density at radius 3 is 2.44 bits per heavy atom. The second-order valence-corrected chi connectivity index (χ2v) is 10.9. The maximum Gasteiger partial charge on any atom is 0.266 e. The normalized spacial score (nSPS) is 19.0. The molecule has 11 heteroatoms. The summed E-state index contributed by atoms with van der Waals surface area (Å²) in [5, 5.41) is -0.0272. The van der Waals surface area contributed by atoms with E-state index in [1.54, 1.807) is 0 Å². The number of aromatic amines is 1. The summed E-state index contributed by atoms with van der Waals surface area (Å²) in [5.74, 6) is -4.25. The van der Waals surface area contributed by atoms with E-state index in [0.717, 1.165) is 12.5 Å². The van der Waals surface area contributed by atoms with Crippen LogP contribution in [0.3, 0.4) is 0 Å². The largest absolute Gasteiger partial charge is 0.365 e. The van der Waals surface area contributed by atoms with Gasteiger partial charge in [-0.1, -0.05) is 0 Å². The van der Waals surface area contributed by atoms with E-state index in [-0.39, 0.29) is 44.5 Å². The number of aromatic nitrogens is 1. The van der Waals surface area contributed by atoms with Gasteiger partial charge in [-0.05, 0) is 52.7 Å². The molecule has 0 amide bonds. The Morgan fingerprint density at radius 2 is 1.81 bits per heavy atom. The van der Waals surface area contributed by atoms with Gasteiger partial charge in [0.2, 0.25) is 10.0 Å². The van der Waals surface area contributed by atoms with Crippen LogP contribution in [0.4, 0.5) is 23.2 Å². The molecule has 2 fully saturated rings. The molecule has 0 radical (unpaired) electrons. The van der Waals surface area contributed by atoms with Gasteiger partial charge in [0.05, 0.1) is 21.4 Å². The van der Waals surface area contributed by atoms with E-state index >= 15 is 0 Å². The van der Waals surface area contributed by atoms with Crippen molar-refractivity contribution >= 4 is 42.5 Å². The molecule has 0 spiro atoms. The number of benzene rings is 2. The fourth-order valence-corrected chi connectivity index (χ4v) is 6.08. The van der Waals surface area contributed by atoms with E-state index in [2.05, 4.69) is 20.9 Å². The highest BCUT2D eigenvalue weighted by Gasteiger charge is 2.39. The predicted molar refractivity (Wildman–Crippen MR) is 117 cm³/mol. The summed E-state index contributed by atoms with van der Waals surface area (Å²) in [7, 11) is -3.75. The molecule has 2 saturated heterocycles. The van der Waals surface area contributed by atoms with Gasteiger partial charge in [-0.2, -0.15) is 4.31 Å². The number of hydrogen-bond acceptors (Lipinski definition) is 3. The second kappa shape index (κ2) is 7.46. The van der Waals surface area contributed by atoms with Crippen molar-refractivity contribution in [1.82, 2.24) is 9.29 Å². The number of hydrogen-bond donors (Lipinski definition) is 1. The molecular weight excluding hydrogens is 514 g/mol. The van der Waals surface area contributed by atoms with Crippen LogP contribution in [0, 0.1) is 11.6 Å². The molecular formula is C21H18BrF4N3O2S. The van der Waals surface area contributed by atoms with Crippen molar-refractivity contribution < 1.29 is 26.0 Å². The summed E-state index contributed by atoms with van der Waals surface area (Å²) < 4.78 is 84.0. The van der Waals surface area contributed by atoms with Gasteiger partial charge in [0.15, 0.2) is 0 Å². The molecule has 3 aromatic rings. The van der Waals surface area contributed by atoms with Crippen molar-refractivity contribution in [3.05, 3.63) is 46.4 Å². The summed E-state index contributed by atoms with van der Waals surface area (Å²) in [6, 6.07) is 6.62. The summed E-state index contributed by atoms with van der Waals surface area (Å²) in [4.78, 5) is 4.27. The molecule has 3 heterocycles. The van der Waals surface area contributed by atoms with Crippen LogP contribution in [0.2, 0.25) is 0 Å². The molecule has 2 aromatic carbocycles. The standard InChI is InChI=1S/C21H18BrF4N3O2S/c22-15-10-16(23)20-14(19(15)24)9-17(27-20)13-8-12(32(30,31)29-5-1-6-29)2-3-18(13)28-7-4-21(25,26)11-28/h2-3,8-10,27H,1,4-7,11H2. The van der Waals surface area contributed by atoms with Crippen molar-refractivity contribution in [3.8, 4) is 11.3 Å². The first kappa shape index (κ1) is 21.7. The third-order valence-electron chi connectivity index (χ3n) is 5.98. The Kier molecular flexibility index (Phi) is 5.06. The highest BCUT2D eigenvalue weighted by atomic mass is 79.9. The molecule has 32 heavy (non-hydrogen) atoms. The number of alkyl halides is 2. The van der Waals surface area contributed by atoms with E-state index in [1.807, 2.05) is 0 Å². The monoisotopic (exact) mass is 531 g/mol. The van der Waals surface area contributed by atoms with Gasteiger partial charge < -0.3 is 9.88 Å². The molecule has 170 valence electrons. The number of nitrogens with zero attached hydrogens (tertiary/aromatic N) is 2. The van der Waals surface area contributed by atoms with Crippen molar-refractivity contribution in [2.75, 3.05) is 31.1 Å². The van der Waals surface area contributed by atoms with Crippen LogP contribution in [0.1, 0.15) is 12.8 Å². The van der Waals surface area contributed by atoms with Crippen LogP contribution < -0.4 is 4.90 Å². The lowest BCUT2D eigenvalue weighted by molar-refractivity contribution is 0.0257. The molecule has 0 aliphatic carbocycles. The zero-order chi connectivity index (χ0) is 22.8. The highest BCUT2D eigenvalue weighted by Crippen LogP contribution is 2.40. The molecule has 5 rings (SSSR count). The van der Waals surface area contributed by atoms with Gasteiger partial charge in [-0.3, -0.25) is 0 Å². The quantitative estimate of drug-likeness (QED) is 0.375. The van der Waals surface area contributed by atoms with E-state index in [1.165, 1.54) is 33.5 Å². The van der Waals surface area contributed by atoms with Gasteiger partial charge in [0.25, 0.3) is 5.92 Å². The summed E-state index contributed by atoms with van der Waals surface area (Å²) in [5.41, 5.74) is 0.808. The molecule has 0 atom stereocenters. The number of fused-ring (bicyclic) bond motifs is 1. The molecule has 2 aliphatic rings. The van der Waals surface area contributed by atoms with Crippen LogP contribution in [-0.2, 0) is 10.0 Å². The van der Waals surface area contributed by atoms with Gasteiger partial charge in [-0.15, -0.1) is 0 Å². The lowest BCUT2D eigenvalue weighted by Crippen LogP contribution is -2.41. The summed E-state index contributed by atoms with van der Waals surface area (Å²) >= 11 is 2.98. The zero-order valence-corrected chi connectivity index (χ0v) is 19.0. The van der Waals surface area contributed by atoms with Crippen LogP contribution in [0.25, 0.3) is 22.2 Å². The Bertz CT molecular complexity index is 1340. The van der Waals surface area contributed by atoms with Gasteiger partial charge in [0, 0.05) is 48.4 Å². The molecule has 0 unspecified atom stereocenters. The Morgan fingerprint density at radius 1 is 1.06 bits per heavy atom. The van der Waals surface area contributed by atoms with Crippen molar-refractivity contribution in [2.24, 2.45) is 0 Å². The van der Waals surface area contributed by atoms with Crippen molar-refractivity contribution in [3.63, 3.8) is 0 Å². The number of H-pyrrole nitrogens is 1. The summed E-state index contributed by atoms with van der Waals surface area (Å²) in [6.07, 6.45) is 0.436. The average molecular weight is 532 g/mol. The molecule has 1 N–H and O–H groups in total. The Labute approximate surface area is 190 Å². The minimum atomic E-state index is -3.75. The Hall–Kier alpha value is -2.11. The fourth-order valence-electron chi connectivity index (χ4n) is 4.12. The minimum Gasteiger partial charge on any atom is -0.365 e. The fraction of sp³-hybridized carbons (Fsp3) is 0.333. The molecule has 5 nitrogen and oxygen atoms in total. The third-order valence-corrected chi connectivity index (χ3v) is 8.45. The first-order valence-corrected chi connectivity index (χ1v) is 12.2. The lowest BCUT2D eigenvalue weighted by Gasteiger charge is -2.30. The predicted octanol–water partition coefficient (Wildman–Crippen LogP) is 5.12. The van der Waals surface area contributed by atoms with Gasteiger partial charge in [-0.25, -0.2) is 26.0 Å². The molecule has 0 saturated carbocycles. The highest BCUT2D eigenvalue weighted by molar-refractivity contribution is 9.10. The van der Waals surface area contributed by atoms with Gasteiger partial charge >= 0.3 is 0 Å². The zero-order valence-electron chi connectivity index (χ0n) is 16.6. The first-order chi connectivity index (χ1) is 15.1. The maximum atomic E-state index is 14.6. The van der Waals surface area contributed by atoms with Crippen LogP contribution in [0.5, 0.6) is 0 Å². The summed E-state index contributed by atoms with van der Waals surface area (Å²) in [6.45, 7) is 0.378. The van der Waals surface area contributed by atoms with Crippen LogP contribution >= 0.6 is 15.9 Å². The number of sulfonamides is 1. The maximum absolute atomic E-state index is 14.6. The van der Waals surface area contributed by atoms with Gasteiger partial charge in [0.1, 0.15) is 11.6 Å². The van der Waals surface area contributed by atoms with Crippen LogP contribution in [-0.4, -0.2) is 49.8 Å². The van der Waals surface area contributed by atoms with E-state index in [0.29, 0.717) is 18.8 Å². The Balaban J connectivity index is 1.69. The number of halogens is 5. The molecule has 2 aliphatic heterocycles. The SMILES string of the molecule is O=S(=O)(c1ccc(N2CCC(F)(F)C2)c(-c2cc3c(F)c(Br)cc(F)c3[nH]2)c1)N1CCC1. The van der Waals surface area contributed by atoms with Crippen molar-refractivity contribution in [2.45, 2.75) is 23.7 Å². The number of rotatable bonds is 4. The number of nitrogens with one attached hydrogen (secondary N) is 1.